The first kappa shape index (κ1) is 20.9. The highest BCUT2D eigenvalue weighted by Gasteiger charge is 2.65. The van der Waals surface area contributed by atoms with Gasteiger partial charge in [-0.1, -0.05) is 54.6 Å². The number of fused-ring (bicyclic) bond motifs is 3. The van der Waals surface area contributed by atoms with Gasteiger partial charge in [-0.25, -0.2) is 0 Å². The van der Waals surface area contributed by atoms with Gasteiger partial charge in [0.05, 0.1) is 14.2 Å². The maximum Gasteiger partial charge on any atom is 0.321 e. The van der Waals surface area contributed by atoms with E-state index in [9.17, 15) is 19.2 Å². The molecular weight excluding hydrogens is 398 g/mol. The van der Waals surface area contributed by atoms with Crippen LogP contribution >= 0.6 is 0 Å². The van der Waals surface area contributed by atoms with Gasteiger partial charge in [-0.05, 0) is 12.0 Å². The summed E-state index contributed by atoms with van der Waals surface area (Å²) in [6.45, 7) is 0.427. The molecule has 2 aromatic carbocycles. The zero-order chi connectivity index (χ0) is 22.2. The zero-order valence-electron chi connectivity index (χ0n) is 17.4. The predicted molar refractivity (Wildman–Crippen MR) is 110 cm³/mol. The first-order chi connectivity index (χ1) is 14.9. The van der Waals surface area contributed by atoms with Crippen LogP contribution in [0.15, 0.2) is 54.6 Å². The van der Waals surface area contributed by atoms with E-state index in [4.69, 9.17) is 9.47 Å². The van der Waals surface area contributed by atoms with Crippen LogP contribution < -0.4 is 0 Å². The molecule has 1 aliphatic carbocycles. The Bertz CT molecular complexity index is 1000. The van der Waals surface area contributed by atoms with Crippen molar-refractivity contribution in [1.29, 1.82) is 0 Å². The molecule has 0 saturated carbocycles. The molecular formula is C24H23NO6. The van der Waals surface area contributed by atoms with Crippen molar-refractivity contribution in [1.82, 2.24) is 4.90 Å². The fraction of sp³-hybridized carbons (Fsp3) is 0.333. The quantitative estimate of drug-likeness (QED) is 0.553. The van der Waals surface area contributed by atoms with Gasteiger partial charge < -0.3 is 9.47 Å². The van der Waals surface area contributed by atoms with E-state index in [-0.39, 0.29) is 30.6 Å². The lowest BCUT2D eigenvalue weighted by molar-refractivity contribution is -0.163. The number of carbonyl (C=O) groups excluding carboxylic acids is 4. The van der Waals surface area contributed by atoms with Gasteiger partial charge >= 0.3 is 11.9 Å². The molecule has 0 spiro atoms. The first-order valence-corrected chi connectivity index (χ1v) is 10.00. The molecule has 1 saturated heterocycles. The summed E-state index contributed by atoms with van der Waals surface area (Å²) in [5.74, 6) is -2.53. The molecule has 4 rings (SSSR count). The third-order valence-electron chi connectivity index (χ3n) is 6.28. The van der Waals surface area contributed by atoms with Crippen LogP contribution in [-0.4, -0.2) is 55.7 Å². The highest BCUT2D eigenvalue weighted by molar-refractivity contribution is 6.24. The van der Waals surface area contributed by atoms with Gasteiger partial charge in [0, 0.05) is 30.8 Å². The summed E-state index contributed by atoms with van der Waals surface area (Å²) < 4.78 is 10.1. The zero-order valence-corrected chi connectivity index (χ0v) is 17.4. The lowest BCUT2D eigenvalue weighted by Crippen LogP contribution is -2.62. The smallest absolute Gasteiger partial charge is 0.321 e. The van der Waals surface area contributed by atoms with E-state index < -0.39 is 34.3 Å². The van der Waals surface area contributed by atoms with E-state index >= 15 is 0 Å². The lowest BCUT2D eigenvalue weighted by Gasteiger charge is -2.46. The number of ketones is 2. The average molecular weight is 421 g/mol. The molecule has 7 nitrogen and oxygen atoms in total. The Hall–Kier alpha value is -3.32. The van der Waals surface area contributed by atoms with Crippen molar-refractivity contribution in [2.45, 2.75) is 13.0 Å². The van der Waals surface area contributed by atoms with Crippen LogP contribution in [0.2, 0.25) is 0 Å². The van der Waals surface area contributed by atoms with Gasteiger partial charge in [-0.3, -0.25) is 24.1 Å². The predicted octanol–water partition coefficient (Wildman–Crippen LogP) is 2.29. The molecule has 2 bridgehead atoms. The largest absolute Gasteiger partial charge is 0.468 e. The third-order valence-corrected chi connectivity index (χ3v) is 6.28. The van der Waals surface area contributed by atoms with Crippen molar-refractivity contribution < 1.29 is 28.7 Å². The van der Waals surface area contributed by atoms with Gasteiger partial charge in [0.1, 0.15) is 10.8 Å². The fourth-order valence-corrected chi connectivity index (χ4v) is 4.95. The lowest BCUT2D eigenvalue weighted by atomic mass is 9.64. The van der Waals surface area contributed by atoms with Crippen molar-refractivity contribution >= 4 is 23.5 Å². The van der Waals surface area contributed by atoms with Crippen LogP contribution in [0.3, 0.4) is 0 Å². The van der Waals surface area contributed by atoms with Crippen LogP contribution in [0, 0.1) is 10.8 Å². The van der Waals surface area contributed by atoms with E-state index in [1.807, 2.05) is 30.3 Å². The highest BCUT2D eigenvalue weighted by Crippen LogP contribution is 2.49. The molecule has 1 fully saturated rings. The summed E-state index contributed by atoms with van der Waals surface area (Å²) in [7, 11) is 2.41. The van der Waals surface area contributed by atoms with Crippen molar-refractivity contribution in [3.8, 4) is 0 Å². The van der Waals surface area contributed by atoms with E-state index in [1.165, 1.54) is 26.4 Å². The van der Waals surface area contributed by atoms with Gasteiger partial charge in [0.15, 0.2) is 11.6 Å². The van der Waals surface area contributed by atoms with Gasteiger partial charge in [0.25, 0.3) is 0 Å². The molecule has 1 heterocycles. The van der Waals surface area contributed by atoms with Gasteiger partial charge in [-0.15, -0.1) is 0 Å². The molecule has 31 heavy (non-hydrogen) atoms. The number of benzene rings is 2. The Labute approximate surface area is 179 Å². The van der Waals surface area contributed by atoms with E-state index in [2.05, 4.69) is 0 Å². The number of nitrogens with zero attached hydrogens (tertiary/aromatic N) is 1. The molecule has 0 N–H and O–H groups in total. The number of esters is 2. The Kier molecular flexibility index (Phi) is 5.23. The average Bonchev–Trinajstić information content (AvgIpc) is 2.87. The van der Waals surface area contributed by atoms with E-state index in [0.717, 1.165) is 5.56 Å². The second-order valence-corrected chi connectivity index (χ2v) is 8.16. The van der Waals surface area contributed by atoms with Crippen molar-refractivity contribution in [3.63, 3.8) is 0 Å². The van der Waals surface area contributed by atoms with Crippen LogP contribution in [0.1, 0.15) is 32.7 Å². The summed E-state index contributed by atoms with van der Waals surface area (Å²) in [6, 6.07) is 15.8. The Balaban J connectivity index is 1.93. The van der Waals surface area contributed by atoms with Crippen LogP contribution in [-0.2, 0) is 25.6 Å². The van der Waals surface area contributed by atoms with Crippen molar-refractivity contribution in [3.05, 3.63) is 71.3 Å². The maximum atomic E-state index is 13.7. The number of rotatable bonds is 4. The molecule has 0 radical (unpaired) electrons. The Morgan fingerprint density at radius 1 is 0.806 bits per heavy atom. The maximum absolute atomic E-state index is 13.7. The number of carbonyl (C=O) groups is 4. The van der Waals surface area contributed by atoms with Crippen LogP contribution in [0.25, 0.3) is 0 Å². The van der Waals surface area contributed by atoms with Gasteiger partial charge in [-0.2, -0.15) is 0 Å². The molecule has 0 amide bonds. The molecule has 1 aliphatic heterocycles. The minimum atomic E-state index is -1.70. The summed E-state index contributed by atoms with van der Waals surface area (Å²) in [5, 5.41) is 0. The number of methoxy groups -OCH3 is 2. The molecule has 0 aromatic heterocycles. The topological polar surface area (TPSA) is 90.0 Å². The Morgan fingerprint density at radius 2 is 1.26 bits per heavy atom. The van der Waals surface area contributed by atoms with E-state index in [0.29, 0.717) is 6.54 Å². The highest BCUT2D eigenvalue weighted by atomic mass is 16.5. The second-order valence-electron chi connectivity index (χ2n) is 8.16. The SMILES string of the molecule is COC(=O)C12CN(Cc3ccccc3)CC(C(=O)OC)(C1)C(=O)c1ccccc1C2=O. The summed E-state index contributed by atoms with van der Waals surface area (Å²) >= 11 is 0. The minimum Gasteiger partial charge on any atom is -0.468 e. The Morgan fingerprint density at radius 3 is 1.71 bits per heavy atom. The molecule has 2 aliphatic rings. The van der Waals surface area contributed by atoms with Crippen LogP contribution in [0.4, 0.5) is 0 Å². The van der Waals surface area contributed by atoms with Crippen molar-refractivity contribution in [2.24, 2.45) is 10.8 Å². The number of piperidine rings is 1. The third kappa shape index (κ3) is 3.16. The molecule has 2 atom stereocenters. The first-order valence-electron chi connectivity index (χ1n) is 10.00. The number of likely N-dealkylation sites (tertiary alicyclic amines) is 1. The summed E-state index contributed by atoms with van der Waals surface area (Å²) in [6.07, 6.45) is -0.281. The van der Waals surface area contributed by atoms with Crippen molar-refractivity contribution in [2.75, 3.05) is 27.3 Å². The number of hydrogen-bond donors (Lipinski definition) is 0. The summed E-state index contributed by atoms with van der Waals surface area (Å²) in [4.78, 5) is 55.5. The molecule has 7 heteroatoms. The van der Waals surface area contributed by atoms with E-state index in [1.54, 1.807) is 17.0 Å². The molecule has 160 valence electrons. The van der Waals surface area contributed by atoms with Gasteiger partial charge in [0.2, 0.25) is 0 Å². The second kappa shape index (κ2) is 7.74. The summed E-state index contributed by atoms with van der Waals surface area (Å²) in [5.41, 5.74) is -2.20. The standard InChI is InChI=1S/C24H23NO6/c1-30-21(28)23-13-24(22(29)31-2,15-25(14-23)12-16-8-4-3-5-9-16)20(27)18-11-7-6-10-17(18)19(23)26/h3-11H,12-15H2,1-2H3. The fourth-order valence-electron chi connectivity index (χ4n) is 4.95. The molecule has 2 aromatic rings. The normalized spacial score (nSPS) is 25.4. The number of hydrogen-bond acceptors (Lipinski definition) is 7. The number of ether oxygens (including phenoxy) is 2. The number of Topliss-reactive ketones (excluding diaryl/α,β-unsaturated/α-hetero) is 2. The monoisotopic (exact) mass is 421 g/mol. The molecule has 2 unspecified atom stereocenters. The van der Waals surface area contributed by atoms with Crippen LogP contribution in [0.5, 0.6) is 0 Å². The minimum absolute atomic E-state index is 0.0355.